The highest BCUT2D eigenvalue weighted by molar-refractivity contribution is 9.10. The SMILES string of the molecule is CN(C(=O)C1CCC1)c1ccc(Br)cn1. The molecule has 1 aromatic rings. The van der Waals surface area contributed by atoms with Gasteiger partial charge < -0.3 is 0 Å². The zero-order chi connectivity index (χ0) is 10.8. The van der Waals surface area contributed by atoms with E-state index in [1.54, 1.807) is 18.1 Å². The summed E-state index contributed by atoms with van der Waals surface area (Å²) in [6, 6.07) is 3.74. The van der Waals surface area contributed by atoms with Crippen LogP contribution in [0.4, 0.5) is 5.82 Å². The van der Waals surface area contributed by atoms with Gasteiger partial charge in [-0.2, -0.15) is 0 Å². The number of hydrogen-bond acceptors (Lipinski definition) is 2. The van der Waals surface area contributed by atoms with E-state index in [1.165, 1.54) is 6.42 Å². The molecule has 2 rings (SSSR count). The highest BCUT2D eigenvalue weighted by atomic mass is 79.9. The minimum Gasteiger partial charge on any atom is -0.300 e. The number of carbonyl (C=O) groups is 1. The van der Waals surface area contributed by atoms with Crippen LogP contribution >= 0.6 is 15.9 Å². The Hall–Kier alpha value is -0.900. The van der Waals surface area contributed by atoms with Crippen molar-refractivity contribution in [2.24, 2.45) is 5.92 Å². The average Bonchev–Trinajstić information content (AvgIpc) is 2.15. The van der Waals surface area contributed by atoms with E-state index in [0.717, 1.165) is 23.1 Å². The van der Waals surface area contributed by atoms with Crippen molar-refractivity contribution in [3.63, 3.8) is 0 Å². The van der Waals surface area contributed by atoms with Crippen molar-refractivity contribution in [1.29, 1.82) is 0 Å². The summed E-state index contributed by atoms with van der Waals surface area (Å²) in [7, 11) is 1.79. The van der Waals surface area contributed by atoms with Crippen molar-refractivity contribution in [2.75, 3.05) is 11.9 Å². The molecule has 0 saturated heterocycles. The van der Waals surface area contributed by atoms with Crippen LogP contribution in [0.2, 0.25) is 0 Å². The lowest BCUT2D eigenvalue weighted by Crippen LogP contribution is -2.36. The van der Waals surface area contributed by atoms with E-state index in [-0.39, 0.29) is 11.8 Å². The third-order valence-corrected chi connectivity index (χ3v) is 3.31. The molecule has 4 heteroatoms. The largest absolute Gasteiger partial charge is 0.300 e. The summed E-state index contributed by atoms with van der Waals surface area (Å²) in [6.45, 7) is 0. The molecule has 3 nitrogen and oxygen atoms in total. The predicted molar refractivity (Wildman–Crippen MR) is 62.7 cm³/mol. The fraction of sp³-hybridized carbons (Fsp3) is 0.455. The summed E-state index contributed by atoms with van der Waals surface area (Å²) in [4.78, 5) is 17.7. The first-order valence-electron chi connectivity index (χ1n) is 5.07. The van der Waals surface area contributed by atoms with E-state index in [9.17, 15) is 4.79 Å². The quantitative estimate of drug-likeness (QED) is 0.826. The molecule has 1 saturated carbocycles. The van der Waals surface area contributed by atoms with Gasteiger partial charge in [0, 0.05) is 23.6 Å². The van der Waals surface area contributed by atoms with Crippen LogP contribution in [0.1, 0.15) is 19.3 Å². The second-order valence-corrected chi connectivity index (χ2v) is 4.78. The van der Waals surface area contributed by atoms with E-state index in [0.29, 0.717) is 0 Å². The highest BCUT2D eigenvalue weighted by Crippen LogP contribution is 2.29. The Bertz CT molecular complexity index is 359. The molecule has 1 aliphatic rings. The van der Waals surface area contributed by atoms with Crippen molar-refractivity contribution in [3.8, 4) is 0 Å². The summed E-state index contributed by atoms with van der Waals surface area (Å²) >= 11 is 3.32. The van der Waals surface area contributed by atoms with Crippen molar-refractivity contribution in [1.82, 2.24) is 4.98 Å². The Morgan fingerprint density at radius 2 is 2.27 bits per heavy atom. The first kappa shape index (κ1) is 10.6. The Morgan fingerprint density at radius 1 is 1.53 bits per heavy atom. The van der Waals surface area contributed by atoms with Gasteiger partial charge >= 0.3 is 0 Å². The van der Waals surface area contributed by atoms with Crippen molar-refractivity contribution < 1.29 is 4.79 Å². The molecule has 0 radical (unpaired) electrons. The third kappa shape index (κ3) is 2.20. The van der Waals surface area contributed by atoms with Crippen LogP contribution in [-0.4, -0.2) is 17.9 Å². The average molecular weight is 269 g/mol. The van der Waals surface area contributed by atoms with Gasteiger partial charge in [0.15, 0.2) is 0 Å². The molecule has 1 aromatic heterocycles. The summed E-state index contributed by atoms with van der Waals surface area (Å²) < 4.78 is 0.927. The van der Waals surface area contributed by atoms with Gasteiger partial charge in [-0.25, -0.2) is 4.98 Å². The number of rotatable bonds is 2. The molecule has 0 spiro atoms. The van der Waals surface area contributed by atoms with Crippen LogP contribution in [0.3, 0.4) is 0 Å². The van der Waals surface area contributed by atoms with Crippen LogP contribution in [0, 0.1) is 5.92 Å². The molecule has 0 unspecified atom stereocenters. The maximum atomic E-state index is 11.9. The summed E-state index contributed by atoms with van der Waals surface area (Å²) in [5.74, 6) is 1.13. The number of aromatic nitrogens is 1. The lowest BCUT2D eigenvalue weighted by Gasteiger charge is -2.28. The smallest absolute Gasteiger partial charge is 0.230 e. The molecule has 15 heavy (non-hydrogen) atoms. The van der Waals surface area contributed by atoms with Crippen LogP contribution in [-0.2, 0) is 4.79 Å². The van der Waals surface area contributed by atoms with Gasteiger partial charge in [0.1, 0.15) is 5.82 Å². The Labute approximate surface area is 97.6 Å². The number of anilines is 1. The summed E-state index contributed by atoms with van der Waals surface area (Å²) in [5.41, 5.74) is 0. The standard InChI is InChI=1S/C11H13BrN2O/c1-14(11(15)8-3-2-4-8)10-6-5-9(12)7-13-10/h5-8H,2-4H2,1H3. The van der Waals surface area contributed by atoms with E-state index in [2.05, 4.69) is 20.9 Å². The van der Waals surface area contributed by atoms with E-state index < -0.39 is 0 Å². The van der Waals surface area contributed by atoms with Gasteiger partial charge in [0.25, 0.3) is 0 Å². The first-order chi connectivity index (χ1) is 7.18. The van der Waals surface area contributed by atoms with Gasteiger partial charge in [-0.05, 0) is 40.9 Å². The normalized spacial score (nSPS) is 15.9. The zero-order valence-electron chi connectivity index (χ0n) is 8.61. The molecule has 1 fully saturated rings. The van der Waals surface area contributed by atoms with Crippen LogP contribution in [0.25, 0.3) is 0 Å². The predicted octanol–water partition coefficient (Wildman–Crippen LogP) is 2.61. The van der Waals surface area contributed by atoms with E-state index in [1.807, 2.05) is 12.1 Å². The first-order valence-corrected chi connectivity index (χ1v) is 5.87. The number of hydrogen-bond donors (Lipinski definition) is 0. The summed E-state index contributed by atoms with van der Waals surface area (Å²) in [6.07, 6.45) is 4.94. The molecule has 80 valence electrons. The molecular formula is C11H13BrN2O. The molecule has 0 N–H and O–H groups in total. The van der Waals surface area contributed by atoms with Gasteiger partial charge in [-0.15, -0.1) is 0 Å². The highest BCUT2D eigenvalue weighted by Gasteiger charge is 2.28. The fourth-order valence-electron chi connectivity index (χ4n) is 1.61. The zero-order valence-corrected chi connectivity index (χ0v) is 10.2. The van der Waals surface area contributed by atoms with Gasteiger partial charge in [0.05, 0.1) is 0 Å². The Balaban J connectivity index is 2.09. The fourth-order valence-corrected chi connectivity index (χ4v) is 1.84. The van der Waals surface area contributed by atoms with Crippen molar-refractivity contribution in [3.05, 3.63) is 22.8 Å². The third-order valence-electron chi connectivity index (χ3n) is 2.84. The molecule has 0 atom stereocenters. The van der Waals surface area contributed by atoms with E-state index in [4.69, 9.17) is 0 Å². The summed E-state index contributed by atoms with van der Waals surface area (Å²) in [5, 5.41) is 0. The van der Waals surface area contributed by atoms with Gasteiger partial charge in [-0.1, -0.05) is 6.42 Å². The maximum Gasteiger partial charge on any atom is 0.230 e. The number of nitrogens with zero attached hydrogens (tertiary/aromatic N) is 2. The van der Waals surface area contributed by atoms with Crippen LogP contribution in [0.5, 0.6) is 0 Å². The molecule has 1 amide bonds. The Morgan fingerprint density at radius 3 is 2.73 bits per heavy atom. The van der Waals surface area contributed by atoms with Crippen LogP contribution < -0.4 is 4.90 Å². The molecular weight excluding hydrogens is 256 g/mol. The van der Waals surface area contributed by atoms with E-state index >= 15 is 0 Å². The molecule has 0 aliphatic heterocycles. The number of amides is 1. The lowest BCUT2D eigenvalue weighted by molar-refractivity contribution is -0.124. The molecule has 0 bridgehead atoms. The number of pyridine rings is 1. The van der Waals surface area contributed by atoms with Gasteiger partial charge in [0.2, 0.25) is 5.91 Å². The van der Waals surface area contributed by atoms with Crippen molar-refractivity contribution >= 4 is 27.7 Å². The second kappa shape index (κ2) is 4.31. The molecule has 0 aromatic carbocycles. The monoisotopic (exact) mass is 268 g/mol. The maximum absolute atomic E-state index is 11.9. The van der Waals surface area contributed by atoms with Gasteiger partial charge in [-0.3, -0.25) is 9.69 Å². The Kier molecular flexibility index (Phi) is 3.05. The number of halogens is 1. The van der Waals surface area contributed by atoms with Crippen molar-refractivity contribution in [2.45, 2.75) is 19.3 Å². The minimum atomic E-state index is 0.191. The van der Waals surface area contributed by atoms with Crippen LogP contribution in [0.15, 0.2) is 22.8 Å². The second-order valence-electron chi connectivity index (χ2n) is 3.86. The number of carbonyl (C=O) groups excluding carboxylic acids is 1. The minimum absolute atomic E-state index is 0.191. The topological polar surface area (TPSA) is 33.2 Å². The molecule has 1 aliphatic carbocycles. The molecule has 1 heterocycles. The lowest BCUT2D eigenvalue weighted by atomic mass is 9.84.